The first-order chi connectivity index (χ1) is 9.42. The lowest BCUT2D eigenvalue weighted by Crippen LogP contribution is -2.00. The van der Waals surface area contributed by atoms with Gasteiger partial charge in [-0.2, -0.15) is 10.2 Å². The van der Waals surface area contributed by atoms with Gasteiger partial charge < -0.3 is 0 Å². The second-order valence-corrected chi connectivity index (χ2v) is 4.99. The van der Waals surface area contributed by atoms with Crippen LogP contribution in [0.5, 0.6) is 0 Å². The number of pyridine rings is 1. The summed E-state index contributed by atoms with van der Waals surface area (Å²) in [6.07, 6.45) is 5.13. The molecule has 0 radical (unpaired) electrons. The second kappa shape index (κ2) is 5.67. The molecule has 2 aromatic heterocycles. The van der Waals surface area contributed by atoms with Gasteiger partial charge in [-0.15, -0.1) is 16.6 Å². The fourth-order valence-corrected chi connectivity index (χ4v) is 2.47. The van der Waals surface area contributed by atoms with Gasteiger partial charge in [0.25, 0.3) is 0 Å². The minimum Gasteiger partial charge on any atom is -0.234 e. The zero-order valence-corrected chi connectivity index (χ0v) is 11.0. The molecule has 0 N–H and O–H groups in total. The van der Waals surface area contributed by atoms with Gasteiger partial charge in [0.1, 0.15) is 0 Å². The molecule has 0 atom stereocenters. The molecule has 2 heterocycles. The first-order valence-corrected chi connectivity index (χ1v) is 6.90. The third-order valence-electron chi connectivity index (χ3n) is 2.59. The molecule has 4 nitrogen and oxygen atoms in total. The average Bonchev–Trinajstić information content (AvgIpc) is 3.01. The molecule has 0 unspecified atom stereocenters. The van der Waals surface area contributed by atoms with E-state index in [0.717, 1.165) is 16.5 Å². The van der Waals surface area contributed by atoms with Crippen LogP contribution in [0.3, 0.4) is 0 Å². The number of benzene rings is 1. The van der Waals surface area contributed by atoms with E-state index in [-0.39, 0.29) is 0 Å². The van der Waals surface area contributed by atoms with Crippen LogP contribution in [0.2, 0.25) is 0 Å². The molecule has 0 saturated carbocycles. The number of hydrogen-bond donors (Lipinski definition) is 0. The van der Waals surface area contributed by atoms with E-state index in [1.807, 2.05) is 24.4 Å². The highest BCUT2D eigenvalue weighted by atomic mass is 32.2. The Bertz CT molecular complexity index is 620. The Morgan fingerprint density at radius 1 is 0.947 bits per heavy atom. The van der Waals surface area contributed by atoms with Gasteiger partial charge in [0, 0.05) is 16.8 Å². The first-order valence-electron chi connectivity index (χ1n) is 5.91. The SMILES string of the molecule is c1ccc(CSc2ccc(-n3nccn3)nc2)cc1. The third kappa shape index (κ3) is 3.00. The van der Waals surface area contributed by atoms with Crippen molar-refractivity contribution >= 4 is 11.8 Å². The molecular weight excluding hydrogens is 256 g/mol. The quantitative estimate of drug-likeness (QED) is 0.682. The van der Waals surface area contributed by atoms with Crippen LogP contribution in [0.4, 0.5) is 0 Å². The highest BCUT2D eigenvalue weighted by molar-refractivity contribution is 7.98. The van der Waals surface area contributed by atoms with Crippen LogP contribution in [0.15, 0.2) is 66.0 Å². The smallest absolute Gasteiger partial charge is 0.174 e. The Morgan fingerprint density at radius 2 is 1.74 bits per heavy atom. The van der Waals surface area contributed by atoms with E-state index < -0.39 is 0 Å². The van der Waals surface area contributed by atoms with Crippen LogP contribution in [0, 0.1) is 0 Å². The Labute approximate surface area is 115 Å². The maximum Gasteiger partial charge on any atom is 0.174 e. The molecule has 0 aliphatic rings. The van der Waals surface area contributed by atoms with Gasteiger partial charge in [0.2, 0.25) is 0 Å². The summed E-state index contributed by atoms with van der Waals surface area (Å²) in [7, 11) is 0. The Balaban J connectivity index is 1.67. The number of nitrogens with zero attached hydrogens (tertiary/aromatic N) is 4. The van der Waals surface area contributed by atoms with Crippen molar-refractivity contribution in [3.05, 3.63) is 66.6 Å². The summed E-state index contributed by atoms with van der Waals surface area (Å²) < 4.78 is 0. The van der Waals surface area contributed by atoms with Crippen LogP contribution >= 0.6 is 11.8 Å². The number of hydrogen-bond acceptors (Lipinski definition) is 4. The van der Waals surface area contributed by atoms with Crippen LogP contribution in [-0.2, 0) is 5.75 Å². The summed E-state index contributed by atoms with van der Waals surface area (Å²) in [5.74, 6) is 1.68. The molecule has 0 aliphatic heterocycles. The first kappa shape index (κ1) is 11.9. The van der Waals surface area contributed by atoms with E-state index in [4.69, 9.17) is 0 Å². The Hall–Kier alpha value is -2.14. The zero-order valence-electron chi connectivity index (χ0n) is 10.2. The lowest BCUT2D eigenvalue weighted by Gasteiger charge is -2.03. The maximum absolute atomic E-state index is 4.35. The summed E-state index contributed by atoms with van der Waals surface area (Å²) in [5.41, 5.74) is 1.31. The minimum absolute atomic E-state index is 0.731. The zero-order chi connectivity index (χ0) is 12.9. The van der Waals surface area contributed by atoms with Gasteiger partial charge in [-0.1, -0.05) is 30.3 Å². The largest absolute Gasteiger partial charge is 0.234 e. The summed E-state index contributed by atoms with van der Waals surface area (Å²) in [4.78, 5) is 6.99. The van der Waals surface area contributed by atoms with Gasteiger partial charge in [-0.25, -0.2) is 4.98 Å². The summed E-state index contributed by atoms with van der Waals surface area (Å²) >= 11 is 1.77. The van der Waals surface area contributed by atoms with E-state index >= 15 is 0 Å². The number of thioether (sulfide) groups is 1. The van der Waals surface area contributed by atoms with Crippen LogP contribution in [-0.4, -0.2) is 20.0 Å². The molecule has 19 heavy (non-hydrogen) atoms. The summed E-state index contributed by atoms with van der Waals surface area (Å²) in [6.45, 7) is 0. The van der Waals surface area contributed by atoms with Crippen LogP contribution < -0.4 is 0 Å². The van der Waals surface area contributed by atoms with Crippen LogP contribution in [0.25, 0.3) is 5.82 Å². The van der Waals surface area contributed by atoms with E-state index in [1.165, 1.54) is 10.4 Å². The highest BCUT2D eigenvalue weighted by Gasteiger charge is 2.00. The van der Waals surface area contributed by atoms with Crippen molar-refractivity contribution in [1.82, 2.24) is 20.0 Å². The Kier molecular flexibility index (Phi) is 3.56. The second-order valence-electron chi connectivity index (χ2n) is 3.94. The molecule has 94 valence electrons. The summed E-state index contributed by atoms with van der Waals surface area (Å²) in [5, 5.41) is 8.09. The Morgan fingerprint density at radius 3 is 2.42 bits per heavy atom. The van der Waals surface area contributed by atoms with Gasteiger partial charge in [0.05, 0.1) is 12.4 Å². The standard InChI is InChI=1S/C14H12N4S/c1-2-4-12(5-3-1)11-19-13-6-7-14(15-10-13)18-16-8-9-17-18/h1-10H,11H2. The van der Waals surface area contributed by atoms with E-state index in [2.05, 4.69) is 39.4 Å². The molecule has 0 aliphatic carbocycles. The molecule has 3 rings (SSSR count). The van der Waals surface area contributed by atoms with Crippen molar-refractivity contribution in [2.24, 2.45) is 0 Å². The van der Waals surface area contributed by atoms with E-state index in [9.17, 15) is 0 Å². The monoisotopic (exact) mass is 268 g/mol. The van der Waals surface area contributed by atoms with Gasteiger partial charge in [-0.05, 0) is 17.7 Å². The minimum atomic E-state index is 0.731. The van der Waals surface area contributed by atoms with Crippen molar-refractivity contribution in [2.45, 2.75) is 10.6 Å². The van der Waals surface area contributed by atoms with E-state index in [0.29, 0.717) is 0 Å². The maximum atomic E-state index is 4.35. The summed E-state index contributed by atoms with van der Waals surface area (Å²) in [6, 6.07) is 14.4. The highest BCUT2D eigenvalue weighted by Crippen LogP contribution is 2.22. The van der Waals surface area contributed by atoms with E-state index in [1.54, 1.807) is 24.2 Å². The lowest BCUT2D eigenvalue weighted by molar-refractivity contribution is 0.727. The average molecular weight is 268 g/mol. The third-order valence-corrected chi connectivity index (χ3v) is 3.65. The lowest BCUT2D eigenvalue weighted by atomic mass is 10.2. The molecule has 1 aromatic carbocycles. The molecule has 0 fully saturated rings. The number of rotatable bonds is 4. The topological polar surface area (TPSA) is 43.6 Å². The van der Waals surface area contributed by atoms with Crippen LogP contribution in [0.1, 0.15) is 5.56 Å². The normalized spacial score (nSPS) is 10.5. The number of aromatic nitrogens is 4. The predicted octanol–water partition coefficient (Wildman–Crippen LogP) is 2.95. The van der Waals surface area contributed by atoms with Gasteiger partial charge in [-0.3, -0.25) is 0 Å². The predicted molar refractivity (Wildman–Crippen MR) is 75.2 cm³/mol. The molecule has 5 heteroatoms. The van der Waals surface area contributed by atoms with Crippen molar-refractivity contribution in [3.8, 4) is 5.82 Å². The molecule has 0 saturated heterocycles. The fourth-order valence-electron chi connectivity index (χ4n) is 1.65. The fraction of sp³-hybridized carbons (Fsp3) is 0.0714. The molecular formula is C14H12N4S. The molecule has 0 spiro atoms. The molecule has 0 bridgehead atoms. The van der Waals surface area contributed by atoms with Crippen molar-refractivity contribution < 1.29 is 0 Å². The molecule has 0 amide bonds. The van der Waals surface area contributed by atoms with Crippen molar-refractivity contribution in [2.75, 3.05) is 0 Å². The van der Waals surface area contributed by atoms with Crippen molar-refractivity contribution in [3.63, 3.8) is 0 Å². The van der Waals surface area contributed by atoms with Gasteiger partial charge in [0.15, 0.2) is 5.82 Å². The van der Waals surface area contributed by atoms with Crippen molar-refractivity contribution in [1.29, 1.82) is 0 Å². The molecule has 3 aromatic rings. The van der Waals surface area contributed by atoms with Gasteiger partial charge >= 0.3 is 0 Å².